The number of nitriles is 1. The van der Waals surface area contributed by atoms with Gasteiger partial charge in [-0.25, -0.2) is 0 Å². The molecule has 4 heteroatoms. The van der Waals surface area contributed by atoms with Gasteiger partial charge in [-0.2, -0.15) is 5.26 Å². The fourth-order valence-corrected chi connectivity index (χ4v) is 1.62. The second kappa shape index (κ2) is 3.86. The van der Waals surface area contributed by atoms with Crippen molar-refractivity contribution in [1.82, 2.24) is 0 Å². The van der Waals surface area contributed by atoms with E-state index in [9.17, 15) is 4.79 Å². The summed E-state index contributed by atoms with van der Waals surface area (Å²) < 4.78 is 0. The van der Waals surface area contributed by atoms with Crippen LogP contribution in [0.3, 0.4) is 0 Å². The molecule has 1 saturated carbocycles. The number of anilines is 1. The Morgan fingerprint density at radius 2 is 2.19 bits per heavy atom. The van der Waals surface area contributed by atoms with Gasteiger partial charge in [-0.15, -0.1) is 0 Å². The van der Waals surface area contributed by atoms with E-state index in [4.69, 9.17) is 10.4 Å². The minimum atomic E-state index is -0.755. The van der Waals surface area contributed by atoms with E-state index < -0.39 is 11.4 Å². The summed E-state index contributed by atoms with van der Waals surface area (Å²) >= 11 is 0. The van der Waals surface area contributed by atoms with E-state index in [-0.39, 0.29) is 0 Å². The summed E-state index contributed by atoms with van der Waals surface area (Å²) in [6, 6.07) is 9.18. The van der Waals surface area contributed by atoms with Crippen LogP contribution in [-0.4, -0.2) is 17.6 Å². The Balaban J connectivity index is 2.06. The molecule has 0 aliphatic heterocycles. The Kier molecular flexibility index (Phi) is 2.53. The first-order valence-corrected chi connectivity index (χ1v) is 5.14. The molecule has 0 bridgehead atoms. The Hall–Kier alpha value is -2.02. The molecule has 16 heavy (non-hydrogen) atoms. The fourth-order valence-electron chi connectivity index (χ4n) is 1.62. The number of hydrogen-bond donors (Lipinski definition) is 2. The molecule has 0 atom stereocenters. The highest BCUT2D eigenvalue weighted by Gasteiger charge is 2.50. The van der Waals surface area contributed by atoms with Gasteiger partial charge in [0.05, 0.1) is 16.7 Å². The topological polar surface area (TPSA) is 73.1 Å². The van der Waals surface area contributed by atoms with Crippen LogP contribution >= 0.6 is 0 Å². The molecule has 4 nitrogen and oxygen atoms in total. The van der Waals surface area contributed by atoms with Crippen molar-refractivity contribution in [2.45, 2.75) is 12.8 Å². The Morgan fingerprint density at radius 3 is 2.75 bits per heavy atom. The first-order valence-electron chi connectivity index (χ1n) is 5.14. The highest BCUT2D eigenvalue weighted by atomic mass is 16.4. The molecule has 0 radical (unpaired) electrons. The van der Waals surface area contributed by atoms with Gasteiger partial charge in [0.25, 0.3) is 0 Å². The van der Waals surface area contributed by atoms with Crippen molar-refractivity contribution in [3.8, 4) is 6.07 Å². The average molecular weight is 216 g/mol. The molecule has 1 fully saturated rings. The number of aliphatic carboxylic acids is 1. The number of para-hydroxylation sites is 1. The Bertz CT molecular complexity index is 458. The minimum absolute atomic E-state index is 0.390. The average Bonchev–Trinajstić information content (AvgIpc) is 3.08. The standard InChI is InChI=1S/C12H12N2O2/c13-7-9-3-1-2-4-10(9)14-8-12(5-6-12)11(15)16/h1-4,14H,5-6,8H2,(H,15,16). The quantitative estimate of drug-likeness (QED) is 0.805. The van der Waals surface area contributed by atoms with E-state index in [1.54, 1.807) is 18.2 Å². The molecule has 0 saturated heterocycles. The summed E-state index contributed by atoms with van der Waals surface area (Å²) in [5.41, 5.74) is 0.643. The summed E-state index contributed by atoms with van der Waals surface area (Å²) in [6.07, 6.45) is 1.42. The van der Waals surface area contributed by atoms with E-state index in [0.29, 0.717) is 30.6 Å². The number of carbonyl (C=O) groups is 1. The fraction of sp³-hybridized carbons (Fsp3) is 0.333. The molecule has 0 amide bonds. The molecule has 0 spiro atoms. The third-order valence-electron chi connectivity index (χ3n) is 2.97. The summed E-state index contributed by atoms with van der Waals surface area (Å²) in [5.74, 6) is -0.755. The Labute approximate surface area is 93.5 Å². The van der Waals surface area contributed by atoms with Crippen molar-refractivity contribution < 1.29 is 9.90 Å². The van der Waals surface area contributed by atoms with Crippen LogP contribution in [0, 0.1) is 16.7 Å². The van der Waals surface area contributed by atoms with E-state index in [0.717, 1.165) is 0 Å². The molecule has 0 aromatic heterocycles. The number of nitrogens with one attached hydrogen (secondary N) is 1. The molecule has 2 rings (SSSR count). The minimum Gasteiger partial charge on any atom is -0.481 e. The van der Waals surface area contributed by atoms with Crippen molar-refractivity contribution >= 4 is 11.7 Å². The molecule has 1 aliphatic rings. The number of nitrogens with zero attached hydrogens (tertiary/aromatic N) is 1. The zero-order chi connectivity index (χ0) is 11.6. The van der Waals surface area contributed by atoms with E-state index in [1.165, 1.54) is 0 Å². The molecular formula is C12H12N2O2. The van der Waals surface area contributed by atoms with Crippen LogP contribution in [0.5, 0.6) is 0 Å². The van der Waals surface area contributed by atoms with Gasteiger partial charge in [0.15, 0.2) is 0 Å². The van der Waals surface area contributed by atoms with Crippen molar-refractivity contribution in [2.75, 3.05) is 11.9 Å². The van der Waals surface area contributed by atoms with Gasteiger partial charge in [-0.3, -0.25) is 4.79 Å². The largest absolute Gasteiger partial charge is 0.481 e. The van der Waals surface area contributed by atoms with Crippen LogP contribution in [0.1, 0.15) is 18.4 Å². The predicted molar refractivity (Wildman–Crippen MR) is 58.9 cm³/mol. The lowest BCUT2D eigenvalue weighted by atomic mass is 10.1. The van der Waals surface area contributed by atoms with Crippen LogP contribution in [0.15, 0.2) is 24.3 Å². The first kappa shape index (κ1) is 10.5. The summed E-state index contributed by atoms with van der Waals surface area (Å²) in [5, 5.41) is 20.9. The highest BCUT2D eigenvalue weighted by Crippen LogP contribution is 2.45. The van der Waals surface area contributed by atoms with Crippen LogP contribution in [0.25, 0.3) is 0 Å². The van der Waals surface area contributed by atoms with Gasteiger partial charge in [0.2, 0.25) is 0 Å². The smallest absolute Gasteiger partial charge is 0.311 e. The zero-order valence-electron chi connectivity index (χ0n) is 8.73. The van der Waals surface area contributed by atoms with Crippen molar-refractivity contribution in [1.29, 1.82) is 5.26 Å². The number of carboxylic acid groups (broad SMARTS) is 1. The molecule has 1 aliphatic carbocycles. The lowest BCUT2D eigenvalue weighted by Crippen LogP contribution is -2.24. The second-order valence-electron chi connectivity index (χ2n) is 4.10. The van der Waals surface area contributed by atoms with Crippen molar-refractivity contribution in [3.05, 3.63) is 29.8 Å². The Morgan fingerprint density at radius 1 is 1.50 bits per heavy atom. The third-order valence-corrected chi connectivity index (χ3v) is 2.97. The molecule has 82 valence electrons. The van der Waals surface area contributed by atoms with Gasteiger partial charge in [0.1, 0.15) is 6.07 Å². The lowest BCUT2D eigenvalue weighted by Gasteiger charge is -2.12. The third kappa shape index (κ3) is 1.84. The maximum absolute atomic E-state index is 11.0. The van der Waals surface area contributed by atoms with Crippen LogP contribution in [0.2, 0.25) is 0 Å². The van der Waals surface area contributed by atoms with Gasteiger partial charge in [0, 0.05) is 6.54 Å². The number of carboxylic acids is 1. The van der Waals surface area contributed by atoms with Crippen molar-refractivity contribution in [2.24, 2.45) is 5.41 Å². The molecule has 1 aromatic carbocycles. The molecule has 2 N–H and O–H groups in total. The van der Waals surface area contributed by atoms with E-state index >= 15 is 0 Å². The first-order chi connectivity index (χ1) is 7.68. The monoisotopic (exact) mass is 216 g/mol. The molecule has 1 aromatic rings. The van der Waals surface area contributed by atoms with Gasteiger partial charge in [-0.1, -0.05) is 12.1 Å². The summed E-state index contributed by atoms with van der Waals surface area (Å²) in [6.45, 7) is 0.390. The van der Waals surface area contributed by atoms with Gasteiger partial charge >= 0.3 is 5.97 Å². The maximum atomic E-state index is 11.0. The summed E-state index contributed by atoms with van der Waals surface area (Å²) in [7, 11) is 0. The van der Waals surface area contributed by atoms with Gasteiger partial charge < -0.3 is 10.4 Å². The van der Waals surface area contributed by atoms with Crippen LogP contribution in [0.4, 0.5) is 5.69 Å². The molecular weight excluding hydrogens is 204 g/mol. The van der Waals surface area contributed by atoms with E-state index in [2.05, 4.69) is 11.4 Å². The number of rotatable bonds is 4. The van der Waals surface area contributed by atoms with Crippen LogP contribution in [-0.2, 0) is 4.79 Å². The highest BCUT2D eigenvalue weighted by molar-refractivity contribution is 5.78. The second-order valence-corrected chi connectivity index (χ2v) is 4.10. The SMILES string of the molecule is N#Cc1ccccc1NCC1(C(=O)O)CC1. The summed E-state index contributed by atoms with van der Waals surface area (Å²) in [4.78, 5) is 11.0. The van der Waals surface area contributed by atoms with Crippen LogP contribution < -0.4 is 5.32 Å². The lowest BCUT2D eigenvalue weighted by molar-refractivity contribution is -0.142. The normalized spacial score (nSPS) is 16.2. The van der Waals surface area contributed by atoms with Gasteiger partial charge in [-0.05, 0) is 25.0 Å². The zero-order valence-corrected chi connectivity index (χ0v) is 8.73. The number of benzene rings is 1. The number of hydrogen-bond acceptors (Lipinski definition) is 3. The van der Waals surface area contributed by atoms with E-state index in [1.807, 2.05) is 6.07 Å². The van der Waals surface area contributed by atoms with Crippen molar-refractivity contribution in [3.63, 3.8) is 0 Å². The maximum Gasteiger partial charge on any atom is 0.311 e. The predicted octanol–water partition coefficient (Wildman–Crippen LogP) is 1.83. The molecule has 0 unspecified atom stereocenters. The molecule has 0 heterocycles.